The molecule has 3 aromatic carbocycles. The molecule has 0 bridgehead atoms. The standard InChI is InChI=1S/C38H18S4/c1-5-29(39-21-1)13-9-27-11-17-33-36(20-16-32-8-4-24-42-32)38-26-28(10-14-30-6-2-22-40-30)12-18-34(38)35(37(33)25-27)19-15-31-7-3-23-41-31/h1-8,11-12,17-18,21-26H. The molecule has 7 aromatic rings. The Balaban J connectivity index is 1.50. The van der Waals surface area contributed by atoms with Crippen molar-refractivity contribution in [2.24, 2.45) is 0 Å². The second-order valence-electron chi connectivity index (χ2n) is 9.18. The van der Waals surface area contributed by atoms with E-state index in [2.05, 4.69) is 107 Å². The maximum absolute atomic E-state index is 3.53. The molecule has 0 aliphatic carbocycles. The van der Waals surface area contributed by atoms with Crippen LogP contribution >= 0.6 is 45.3 Å². The Kier molecular flexibility index (Phi) is 7.46. The molecule has 0 fully saturated rings. The van der Waals surface area contributed by atoms with Crippen LogP contribution in [0.25, 0.3) is 21.5 Å². The Morgan fingerprint density at radius 1 is 0.333 bits per heavy atom. The predicted molar refractivity (Wildman–Crippen MR) is 183 cm³/mol. The van der Waals surface area contributed by atoms with Crippen molar-refractivity contribution in [2.45, 2.75) is 0 Å². The first-order valence-electron chi connectivity index (χ1n) is 13.1. The molecule has 0 spiro atoms. The van der Waals surface area contributed by atoms with Crippen molar-refractivity contribution < 1.29 is 0 Å². The molecule has 4 aromatic heterocycles. The van der Waals surface area contributed by atoms with E-state index in [-0.39, 0.29) is 0 Å². The summed E-state index contributed by atoms with van der Waals surface area (Å²) in [5.41, 5.74) is 3.86. The summed E-state index contributed by atoms with van der Waals surface area (Å²) in [7, 11) is 0. The second-order valence-corrected chi connectivity index (χ2v) is 13.0. The average Bonchev–Trinajstić information content (AvgIpc) is 3.86. The molecule has 0 atom stereocenters. The third-order valence-corrected chi connectivity index (χ3v) is 9.62. The van der Waals surface area contributed by atoms with E-state index in [1.807, 2.05) is 47.2 Å². The fourth-order valence-electron chi connectivity index (χ4n) is 4.57. The van der Waals surface area contributed by atoms with Gasteiger partial charge in [-0.25, -0.2) is 0 Å². The third-order valence-electron chi connectivity index (χ3n) is 6.48. The van der Waals surface area contributed by atoms with E-state index in [1.165, 1.54) is 0 Å². The second kappa shape index (κ2) is 12.0. The normalized spacial score (nSPS) is 10.1. The SMILES string of the molecule is C(#Cc1cccs1)c1ccc2c(C#Cc3cccs3)c3cc(C#Cc4cccs4)ccc3c(C#Cc3cccs3)c2c1. The largest absolute Gasteiger partial charge is 0.135 e. The summed E-state index contributed by atoms with van der Waals surface area (Å²) in [6.45, 7) is 0. The van der Waals surface area contributed by atoms with Gasteiger partial charge in [-0.05, 0) is 80.8 Å². The molecule has 0 unspecified atom stereocenters. The quantitative estimate of drug-likeness (QED) is 0.120. The van der Waals surface area contributed by atoms with Gasteiger partial charge in [0.1, 0.15) is 0 Å². The maximum Gasteiger partial charge on any atom is 0.0772 e. The van der Waals surface area contributed by atoms with Gasteiger partial charge < -0.3 is 0 Å². The van der Waals surface area contributed by atoms with Crippen molar-refractivity contribution >= 4 is 66.9 Å². The van der Waals surface area contributed by atoms with Crippen molar-refractivity contribution in [3.05, 3.63) is 148 Å². The highest BCUT2D eigenvalue weighted by atomic mass is 32.1. The van der Waals surface area contributed by atoms with Crippen LogP contribution in [0, 0.1) is 47.4 Å². The van der Waals surface area contributed by atoms with Gasteiger partial charge in [0.05, 0.1) is 19.5 Å². The Bertz CT molecular complexity index is 2120. The first kappa shape index (κ1) is 26.1. The van der Waals surface area contributed by atoms with Crippen molar-refractivity contribution in [1.82, 2.24) is 0 Å². The molecule has 0 N–H and O–H groups in total. The minimum atomic E-state index is 0.949. The minimum absolute atomic E-state index is 0.949. The molecule has 0 amide bonds. The highest BCUT2D eigenvalue weighted by molar-refractivity contribution is 7.11. The van der Waals surface area contributed by atoms with Crippen molar-refractivity contribution in [3.8, 4) is 47.4 Å². The smallest absolute Gasteiger partial charge is 0.0772 e. The topological polar surface area (TPSA) is 0 Å². The van der Waals surface area contributed by atoms with Crippen LogP contribution in [-0.4, -0.2) is 0 Å². The number of benzene rings is 3. The zero-order chi connectivity index (χ0) is 28.1. The molecular weight excluding hydrogens is 585 g/mol. The van der Waals surface area contributed by atoms with E-state index in [0.717, 1.165) is 63.3 Å². The van der Waals surface area contributed by atoms with Crippen LogP contribution in [-0.2, 0) is 0 Å². The van der Waals surface area contributed by atoms with Crippen LogP contribution in [0.3, 0.4) is 0 Å². The lowest BCUT2D eigenvalue weighted by Crippen LogP contribution is -1.93. The Hall–Kier alpha value is -4.78. The van der Waals surface area contributed by atoms with Gasteiger partial charge in [0.15, 0.2) is 0 Å². The number of hydrogen-bond acceptors (Lipinski definition) is 4. The first-order valence-corrected chi connectivity index (χ1v) is 16.6. The Labute approximate surface area is 261 Å². The van der Waals surface area contributed by atoms with E-state index < -0.39 is 0 Å². The van der Waals surface area contributed by atoms with Gasteiger partial charge in [-0.2, -0.15) is 0 Å². The number of thiophene rings is 4. The molecule has 0 aliphatic heterocycles. The summed E-state index contributed by atoms with van der Waals surface area (Å²) in [5.74, 6) is 27.2. The third kappa shape index (κ3) is 5.68. The minimum Gasteiger partial charge on any atom is -0.135 e. The Morgan fingerprint density at radius 3 is 1.02 bits per heavy atom. The summed E-state index contributed by atoms with van der Waals surface area (Å²) in [6.07, 6.45) is 0. The molecule has 194 valence electrons. The van der Waals surface area contributed by atoms with E-state index >= 15 is 0 Å². The number of fused-ring (bicyclic) bond motifs is 2. The fourth-order valence-corrected chi connectivity index (χ4v) is 6.85. The molecule has 0 nitrogen and oxygen atoms in total. The van der Waals surface area contributed by atoms with Crippen molar-refractivity contribution in [3.63, 3.8) is 0 Å². The molecule has 0 aliphatic rings. The number of hydrogen-bond donors (Lipinski definition) is 0. The summed E-state index contributed by atoms with van der Waals surface area (Å²) in [5, 5.41) is 12.4. The first-order chi connectivity index (χ1) is 20.8. The summed E-state index contributed by atoms with van der Waals surface area (Å²) in [6, 6.07) is 29.1. The summed E-state index contributed by atoms with van der Waals surface area (Å²) >= 11 is 6.59. The lowest BCUT2D eigenvalue weighted by molar-refractivity contribution is 1.65. The summed E-state index contributed by atoms with van der Waals surface area (Å²) in [4.78, 5) is 4.16. The molecule has 4 heterocycles. The van der Waals surface area contributed by atoms with Crippen LogP contribution in [0.15, 0.2) is 106 Å². The van der Waals surface area contributed by atoms with Crippen LogP contribution in [0.1, 0.15) is 41.8 Å². The van der Waals surface area contributed by atoms with Crippen molar-refractivity contribution in [2.75, 3.05) is 0 Å². The highest BCUT2D eigenvalue weighted by Crippen LogP contribution is 2.34. The lowest BCUT2D eigenvalue weighted by atomic mass is 9.90. The van der Waals surface area contributed by atoms with E-state index in [1.54, 1.807) is 45.3 Å². The van der Waals surface area contributed by atoms with E-state index in [0.29, 0.717) is 0 Å². The van der Waals surface area contributed by atoms with Gasteiger partial charge >= 0.3 is 0 Å². The molecule has 4 heteroatoms. The average molecular weight is 603 g/mol. The van der Waals surface area contributed by atoms with Gasteiger partial charge in [-0.15, -0.1) is 45.3 Å². The highest BCUT2D eigenvalue weighted by Gasteiger charge is 2.13. The fraction of sp³-hybridized carbons (Fsp3) is 0. The van der Waals surface area contributed by atoms with Crippen LogP contribution in [0.2, 0.25) is 0 Å². The van der Waals surface area contributed by atoms with E-state index in [4.69, 9.17) is 0 Å². The van der Waals surface area contributed by atoms with Gasteiger partial charge in [-0.1, -0.05) is 83.8 Å². The maximum atomic E-state index is 3.53. The molecule has 0 saturated heterocycles. The Morgan fingerprint density at radius 2 is 0.690 bits per heavy atom. The van der Waals surface area contributed by atoms with Gasteiger partial charge in [0.2, 0.25) is 0 Å². The van der Waals surface area contributed by atoms with Crippen LogP contribution in [0.5, 0.6) is 0 Å². The van der Waals surface area contributed by atoms with E-state index in [9.17, 15) is 0 Å². The van der Waals surface area contributed by atoms with Gasteiger partial charge in [-0.3, -0.25) is 0 Å². The van der Waals surface area contributed by atoms with Crippen LogP contribution < -0.4 is 0 Å². The van der Waals surface area contributed by atoms with Crippen LogP contribution in [0.4, 0.5) is 0 Å². The zero-order valence-electron chi connectivity index (χ0n) is 22.0. The molecule has 7 rings (SSSR count). The molecule has 0 radical (unpaired) electrons. The van der Waals surface area contributed by atoms with Gasteiger partial charge in [0.25, 0.3) is 0 Å². The monoisotopic (exact) mass is 602 g/mol. The molecular formula is C38H18S4. The van der Waals surface area contributed by atoms with Gasteiger partial charge in [0, 0.05) is 33.0 Å². The lowest BCUT2D eigenvalue weighted by Gasteiger charge is -2.12. The summed E-state index contributed by atoms with van der Waals surface area (Å²) < 4.78 is 0. The molecule has 42 heavy (non-hydrogen) atoms. The molecule has 0 saturated carbocycles. The zero-order valence-corrected chi connectivity index (χ0v) is 25.3. The predicted octanol–water partition coefficient (Wildman–Crippen LogP) is 9.84. The number of rotatable bonds is 0. The van der Waals surface area contributed by atoms with Crippen molar-refractivity contribution in [1.29, 1.82) is 0 Å².